The quantitative estimate of drug-likeness (QED) is 0.590. The molecule has 0 radical (unpaired) electrons. The number of aromatic nitrogens is 3. The number of fused-ring (bicyclic) bond motifs is 1. The largest absolute Gasteiger partial charge is 0.507 e. The minimum absolute atomic E-state index is 0.0513. The Morgan fingerprint density at radius 3 is 2.74 bits per heavy atom. The number of phenols is 1. The van der Waals surface area contributed by atoms with Gasteiger partial charge in [0.2, 0.25) is 5.89 Å². The van der Waals surface area contributed by atoms with Crippen molar-refractivity contribution < 1.29 is 13.9 Å². The maximum absolute atomic E-state index is 12.7. The highest BCUT2D eigenvalue weighted by Crippen LogP contribution is 2.27. The van der Waals surface area contributed by atoms with E-state index in [0.717, 1.165) is 0 Å². The van der Waals surface area contributed by atoms with Gasteiger partial charge in [-0.2, -0.15) is 0 Å². The molecule has 0 unspecified atom stereocenters. The normalized spacial score (nSPS) is 11.1. The summed E-state index contributed by atoms with van der Waals surface area (Å²) in [4.78, 5) is 24.1. The number of pyridine rings is 1. The number of para-hydroxylation sites is 1. The Hall–Kier alpha value is -3.68. The molecule has 27 heavy (non-hydrogen) atoms. The second kappa shape index (κ2) is 6.56. The number of hydrogen-bond acceptors (Lipinski definition) is 7. The first-order valence-corrected chi connectivity index (χ1v) is 8.27. The summed E-state index contributed by atoms with van der Waals surface area (Å²) in [7, 11) is 0. The number of benzene rings is 1. The second-order valence-corrected chi connectivity index (χ2v) is 6.07. The summed E-state index contributed by atoms with van der Waals surface area (Å²) in [6.45, 7) is 2.01. The number of phenolic OH excluding ortho intramolecular Hbond substituents is 1. The van der Waals surface area contributed by atoms with Crippen molar-refractivity contribution in [1.29, 1.82) is 0 Å². The SMILES string of the molecule is Cc1cc(=O)oc2ccn(CCc3nnc(-c4ccccc4O)o3)c(=O)c12. The summed E-state index contributed by atoms with van der Waals surface area (Å²) in [5, 5.41) is 18.1. The molecule has 0 saturated carbocycles. The van der Waals surface area contributed by atoms with Crippen LogP contribution in [0.5, 0.6) is 5.75 Å². The van der Waals surface area contributed by atoms with Crippen LogP contribution < -0.4 is 11.2 Å². The standard InChI is InChI=1S/C19H15N3O5/c1-11-10-16(24)26-14-6-8-22(19(25)17(11)14)9-7-15-20-21-18(27-15)12-4-2-3-5-13(12)23/h2-6,8,10,23H,7,9H2,1H3. The monoisotopic (exact) mass is 365 g/mol. The van der Waals surface area contributed by atoms with Gasteiger partial charge in [0.05, 0.1) is 10.9 Å². The molecule has 0 aliphatic rings. The minimum Gasteiger partial charge on any atom is -0.507 e. The van der Waals surface area contributed by atoms with Crippen LogP contribution in [0.2, 0.25) is 0 Å². The molecular weight excluding hydrogens is 350 g/mol. The molecule has 3 heterocycles. The zero-order valence-electron chi connectivity index (χ0n) is 14.4. The summed E-state index contributed by atoms with van der Waals surface area (Å²) < 4.78 is 12.2. The fraction of sp³-hybridized carbons (Fsp3) is 0.158. The molecule has 0 amide bonds. The average Bonchev–Trinajstić information content (AvgIpc) is 3.09. The molecule has 1 aromatic carbocycles. The lowest BCUT2D eigenvalue weighted by atomic mass is 10.2. The first-order chi connectivity index (χ1) is 13.0. The van der Waals surface area contributed by atoms with Gasteiger partial charge in [0.25, 0.3) is 11.4 Å². The summed E-state index contributed by atoms with van der Waals surface area (Å²) in [5.74, 6) is 0.610. The number of aromatic hydroxyl groups is 1. The lowest BCUT2D eigenvalue weighted by molar-refractivity contribution is 0.463. The number of nitrogens with zero attached hydrogens (tertiary/aromatic N) is 3. The third kappa shape index (κ3) is 3.12. The van der Waals surface area contributed by atoms with E-state index in [0.29, 0.717) is 35.4 Å². The lowest BCUT2D eigenvalue weighted by Gasteiger charge is -2.06. The van der Waals surface area contributed by atoms with E-state index >= 15 is 0 Å². The molecular formula is C19H15N3O5. The Morgan fingerprint density at radius 1 is 1.11 bits per heavy atom. The van der Waals surface area contributed by atoms with Crippen LogP contribution >= 0.6 is 0 Å². The second-order valence-electron chi connectivity index (χ2n) is 6.07. The smallest absolute Gasteiger partial charge is 0.336 e. The Kier molecular flexibility index (Phi) is 4.08. The van der Waals surface area contributed by atoms with E-state index in [-0.39, 0.29) is 22.8 Å². The Labute approximate surface area is 152 Å². The van der Waals surface area contributed by atoms with Gasteiger partial charge < -0.3 is 18.5 Å². The van der Waals surface area contributed by atoms with Crippen molar-refractivity contribution in [3.63, 3.8) is 0 Å². The highest BCUT2D eigenvalue weighted by Gasteiger charge is 2.13. The third-order valence-corrected chi connectivity index (χ3v) is 4.23. The van der Waals surface area contributed by atoms with Crippen molar-refractivity contribution >= 4 is 11.0 Å². The minimum atomic E-state index is -0.486. The Bertz CT molecular complexity index is 1250. The van der Waals surface area contributed by atoms with E-state index in [9.17, 15) is 14.7 Å². The first-order valence-electron chi connectivity index (χ1n) is 8.27. The zero-order valence-corrected chi connectivity index (χ0v) is 14.4. The molecule has 0 atom stereocenters. The van der Waals surface area contributed by atoms with Gasteiger partial charge in [0.15, 0.2) is 0 Å². The van der Waals surface area contributed by atoms with Crippen LogP contribution in [0.3, 0.4) is 0 Å². The topological polar surface area (TPSA) is 111 Å². The van der Waals surface area contributed by atoms with Crippen molar-refractivity contribution in [3.05, 3.63) is 74.8 Å². The zero-order chi connectivity index (χ0) is 19.0. The van der Waals surface area contributed by atoms with Gasteiger partial charge in [-0.25, -0.2) is 4.79 Å². The van der Waals surface area contributed by atoms with Crippen LogP contribution in [0.4, 0.5) is 0 Å². The molecule has 8 heteroatoms. The molecule has 136 valence electrons. The van der Waals surface area contributed by atoms with Crippen molar-refractivity contribution in [2.75, 3.05) is 0 Å². The first kappa shape index (κ1) is 16.8. The van der Waals surface area contributed by atoms with Gasteiger partial charge in [-0.3, -0.25) is 4.79 Å². The van der Waals surface area contributed by atoms with Crippen molar-refractivity contribution in [3.8, 4) is 17.2 Å². The van der Waals surface area contributed by atoms with E-state index in [2.05, 4.69) is 10.2 Å². The van der Waals surface area contributed by atoms with Crippen LogP contribution in [0.15, 0.2) is 61.0 Å². The van der Waals surface area contributed by atoms with Crippen LogP contribution in [0.25, 0.3) is 22.4 Å². The molecule has 0 saturated heterocycles. The molecule has 0 fully saturated rings. The number of hydrogen-bond donors (Lipinski definition) is 1. The predicted octanol–water partition coefficient (Wildman–Crippen LogP) is 2.26. The van der Waals surface area contributed by atoms with Crippen molar-refractivity contribution in [1.82, 2.24) is 14.8 Å². The van der Waals surface area contributed by atoms with Crippen LogP contribution in [0, 0.1) is 6.92 Å². The van der Waals surface area contributed by atoms with Crippen molar-refractivity contribution in [2.24, 2.45) is 0 Å². The maximum atomic E-state index is 12.7. The van der Waals surface area contributed by atoms with Crippen molar-refractivity contribution in [2.45, 2.75) is 19.9 Å². The van der Waals surface area contributed by atoms with E-state index in [1.807, 2.05) is 0 Å². The fourth-order valence-electron chi connectivity index (χ4n) is 2.90. The van der Waals surface area contributed by atoms with Gasteiger partial charge in [-0.05, 0) is 30.7 Å². The van der Waals surface area contributed by atoms with Gasteiger partial charge in [0, 0.05) is 25.2 Å². The predicted molar refractivity (Wildman–Crippen MR) is 96.6 cm³/mol. The summed E-state index contributed by atoms with van der Waals surface area (Å²) in [5.41, 5.74) is 0.541. The van der Waals surface area contributed by atoms with Gasteiger partial charge in [-0.1, -0.05) is 12.1 Å². The number of aryl methyl sites for hydroxylation is 3. The lowest BCUT2D eigenvalue weighted by Crippen LogP contribution is -2.22. The van der Waals surface area contributed by atoms with Crippen LogP contribution in [-0.2, 0) is 13.0 Å². The molecule has 0 bridgehead atoms. The molecule has 1 N–H and O–H groups in total. The fourth-order valence-corrected chi connectivity index (χ4v) is 2.90. The van der Waals surface area contributed by atoms with E-state index in [4.69, 9.17) is 8.83 Å². The molecule has 0 aliphatic carbocycles. The van der Waals surface area contributed by atoms with Gasteiger partial charge in [-0.15, -0.1) is 10.2 Å². The number of rotatable bonds is 4. The Balaban J connectivity index is 1.60. The summed E-state index contributed by atoms with van der Waals surface area (Å²) in [6, 6.07) is 9.56. The maximum Gasteiger partial charge on any atom is 0.336 e. The molecule has 3 aromatic heterocycles. The van der Waals surface area contributed by atoms with Crippen LogP contribution in [0.1, 0.15) is 11.5 Å². The van der Waals surface area contributed by atoms with Gasteiger partial charge >= 0.3 is 5.63 Å². The molecule has 4 rings (SSSR count). The molecule has 0 spiro atoms. The van der Waals surface area contributed by atoms with Crippen LogP contribution in [-0.4, -0.2) is 19.9 Å². The summed E-state index contributed by atoms with van der Waals surface area (Å²) in [6.07, 6.45) is 1.90. The molecule has 4 aromatic rings. The van der Waals surface area contributed by atoms with E-state index in [1.165, 1.54) is 16.7 Å². The highest BCUT2D eigenvalue weighted by molar-refractivity contribution is 5.78. The van der Waals surface area contributed by atoms with Gasteiger partial charge in [0.1, 0.15) is 11.3 Å². The summed E-state index contributed by atoms with van der Waals surface area (Å²) >= 11 is 0. The average molecular weight is 365 g/mol. The van der Waals surface area contributed by atoms with E-state index < -0.39 is 5.63 Å². The Morgan fingerprint density at radius 2 is 1.93 bits per heavy atom. The highest BCUT2D eigenvalue weighted by atomic mass is 16.4. The third-order valence-electron chi connectivity index (χ3n) is 4.23. The molecule has 0 aliphatic heterocycles. The van der Waals surface area contributed by atoms with E-state index in [1.54, 1.807) is 37.4 Å². The molecule has 8 nitrogen and oxygen atoms in total.